The zero-order valence-electron chi connectivity index (χ0n) is 13.8. The van der Waals surface area contributed by atoms with Gasteiger partial charge in [0.25, 0.3) is 0 Å². The van der Waals surface area contributed by atoms with Gasteiger partial charge in [-0.15, -0.1) is 0 Å². The molecule has 3 N–H and O–H groups in total. The van der Waals surface area contributed by atoms with Crippen LogP contribution in [0.25, 0.3) is 0 Å². The molecule has 0 saturated heterocycles. The molecule has 2 atom stereocenters. The zero-order valence-corrected chi connectivity index (χ0v) is 13.8. The summed E-state index contributed by atoms with van der Waals surface area (Å²) >= 11 is 0. The van der Waals surface area contributed by atoms with E-state index in [0.717, 1.165) is 44.3 Å². The number of benzene rings is 1. The van der Waals surface area contributed by atoms with Crippen molar-refractivity contribution in [1.29, 1.82) is 0 Å². The first-order valence-electron chi connectivity index (χ1n) is 8.38. The van der Waals surface area contributed by atoms with E-state index in [0.29, 0.717) is 6.54 Å². The second-order valence-electron chi connectivity index (χ2n) is 6.49. The number of hydrogen-bond acceptors (Lipinski definition) is 3. The van der Waals surface area contributed by atoms with Gasteiger partial charge in [0, 0.05) is 25.0 Å². The number of amides is 1. The zero-order chi connectivity index (χ0) is 15.9. The third-order valence-electron chi connectivity index (χ3n) is 4.54. The molecule has 4 heteroatoms. The standard InChI is InChI=1S/C18H29N3O/c1-3-21(2)13-15-7-4-6-14(10-15)12-20-18(22)16-8-5-9-17(19)11-16/h4,6-7,10,16-17H,3,5,8-9,11-13,19H2,1-2H3,(H,20,22). The minimum absolute atomic E-state index is 0.0955. The smallest absolute Gasteiger partial charge is 0.223 e. The number of hydrogen-bond donors (Lipinski definition) is 2. The van der Waals surface area contributed by atoms with Gasteiger partial charge in [-0.1, -0.05) is 37.6 Å². The van der Waals surface area contributed by atoms with Crippen molar-refractivity contribution in [2.24, 2.45) is 11.7 Å². The number of rotatable bonds is 6. The van der Waals surface area contributed by atoms with Crippen molar-refractivity contribution in [3.8, 4) is 0 Å². The number of carbonyl (C=O) groups is 1. The molecule has 4 nitrogen and oxygen atoms in total. The van der Waals surface area contributed by atoms with E-state index >= 15 is 0 Å². The molecule has 0 radical (unpaired) electrons. The summed E-state index contributed by atoms with van der Waals surface area (Å²) in [6, 6.07) is 8.65. The molecule has 1 amide bonds. The van der Waals surface area contributed by atoms with Crippen molar-refractivity contribution in [2.45, 2.75) is 51.7 Å². The van der Waals surface area contributed by atoms with Crippen LogP contribution in [0, 0.1) is 5.92 Å². The Morgan fingerprint density at radius 2 is 2.14 bits per heavy atom. The third-order valence-corrected chi connectivity index (χ3v) is 4.54. The summed E-state index contributed by atoms with van der Waals surface area (Å²) in [7, 11) is 2.11. The molecule has 0 aliphatic heterocycles. The van der Waals surface area contributed by atoms with Gasteiger partial charge < -0.3 is 16.0 Å². The Bertz CT molecular complexity index is 489. The summed E-state index contributed by atoms with van der Waals surface area (Å²) in [6.07, 6.45) is 3.92. The molecule has 0 aromatic heterocycles. The van der Waals surface area contributed by atoms with Crippen LogP contribution < -0.4 is 11.1 Å². The molecule has 2 unspecified atom stereocenters. The van der Waals surface area contributed by atoms with Crippen molar-refractivity contribution >= 4 is 5.91 Å². The van der Waals surface area contributed by atoms with E-state index < -0.39 is 0 Å². The molecule has 22 heavy (non-hydrogen) atoms. The van der Waals surface area contributed by atoms with Crippen LogP contribution in [0.3, 0.4) is 0 Å². The third kappa shape index (κ3) is 5.11. The van der Waals surface area contributed by atoms with Crippen molar-refractivity contribution in [3.05, 3.63) is 35.4 Å². The largest absolute Gasteiger partial charge is 0.352 e. The molecule has 122 valence electrons. The Morgan fingerprint density at radius 3 is 2.86 bits per heavy atom. The van der Waals surface area contributed by atoms with Gasteiger partial charge in [0.05, 0.1) is 0 Å². The van der Waals surface area contributed by atoms with Gasteiger partial charge in [0.15, 0.2) is 0 Å². The van der Waals surface area contributed by atoms with Crippen LogP contribution in [-0.2, 0) is 17.9 Å². The van der Waals surface area contributed by atoms with Gasteiger partial charge in [-0.05, 0) is 44.0 Å². The number of nitrogens with one attached hydrogen (secondary N) is 1. The Hall–Kier alpha value is -1.39. The van der Waals surface area contributed by atoms with Gasteiger partial charge in [-0.25, -0.2) is 0 Å². The van der Waals surface area contributed by atoms with E-state index in [1.165, 1.54) is 5.56 Å². The average Bonchev–Trinajstić information content (AvgIpc) is 2.53. The van der Waals surface area contributed by atoms with Crippen LogP contribution in [0.15, 0.2) is 24.3 Å². The molecule has 1 aliphatic rings. The van der Waals surface area contributed by atoms with Crippen LogP contribution in [0.1, 0.15) is 43.7 Å². The lowest BCUT2D eigenvalue weighted by atomic mass is 9.85. The summed E-state index contributed by atoms with van der Waals surface area (Å²) in [5.41, 5.74) is 8.42. The van der Waals surface area contributed by atoms with E-state index in [-0.39, 0.29) is 17.9 Å². The summed E-state index contributed by atoms with van der Waals surface area (Å²) < 4.78 is 0. The molecular formula is C18H29N3O. The number of carbonyl (C=O) groups excluding carboxylic acids is 1. The predicted molar refractivity (Wildman–Crippen MR) is 90.2 cm³/mol. The number of nitrogens with zero attached hydrogens (tertiary/aromatic N) is 1. The second-order valence-corrected chi connectivity index (χ2v) is 6.49. The average molecular weight is 303 g/mol. The Balaban J connectivity index is 1.85. The molecule has 1 fully saturated rings. The van der Waals surface area contributed by atoms with Crippen molar-refractivity contribution < 1.29 is 4.79 Å². The summed E-state index contributed by atoms with van der Waals surface area (Å²) in [6.45, 7) is 4.73. The quantitative estimate of drug-likeness (QED) is 0.847. The van der Waals surface area contributed by atoms with Gasteiger partial charge in [0.1, 0.15) is 0 Å². The maximum Gasteiger partial charge on any atom is 0.223 e. The first-order valence-corrected chi connectivity index (χ1v) is 8.38. The highest BCUT2D eigenvalue weighted by Crippen LogP contribution is 2.23. The Labute approximate surface area is 134 Å². The second kappa shape index (κ2) is 8.30. The Kier molecular flexibility index (Phi) is 6.40. The van der Waals surface area contributed by atoms with Crippen LogP contribution in [0.2, 0.25) is 0 Å². The highest BCUT2D eigenvalue weighted by Gasteiger charge is 2.24. The van der Waals surface area contributed by atoms with Crippen LogP contribution in [0.4, 0.5) is 0 Å². The van der Waals surface area contributed by atoms with E-state index in [1.54, 1.807) is 0 Å². The topological polar surface area (TPSA) is 58.4 Å². The van der Waals surface area contributed by atoms with Gasteiger partial charge in [-0.3, -0.25) is 4.79 Å². The molecule has 1 aromatic rings. The fourth-order valence-electron chi connectivity index (χ4n) is 3.06. The van der Waals surface area contributed by atoms with Gasteiger partial charge in [-0.2, -0.15) is 0 Å². The van der Waals surface area contributed by atoms with Crippen LogP contribution >= 0.6 is 0 Å². The van der Waals surface area contributed by atoms with Gasteiger partial charge in [0.2, 0.25) is 5.91 Å². The lowest BCUT2D eigenvalue weighted by molar-refractivity contribution is -0.126. The summed E-state index contributed by atoms with van der Waals surface area (Å²) in [5.74, 6) is 0.254. The minimum Gasteiger partial charge on any atom is -0.352 e. The monoisotopic (exact) mass is 303 g/mol. The first kappa shape index (κ1) is 17.0. The molecule has 1 saturated carbocycles. The lowest BCUT2D eigenvalue weighted by Crippen LogP contribution is -2.37. The minimum atomic E-state index is 0.0955. The molecule has 1 aliphatic carbocycles. The first-order chi connectivity index (χ1) is 10.6. The molecule has 2 rings (SSSR count). The highest BCUT2D eigenvalue weighted by atomic mass is 16.1. The molecule has 0 spiro atoms. The molecule has 0 bridgehead atoms. The highest BCUT2D eigenvalue weighted by molar-refractivity contribution is 5.78. The van der Waals surface area contributed by atoms with Crippen molar-refractivity contribution in [3.63, 3.8) is 0 Å². The normalized spacial score (nSPS) is 21.8. The van der Waals surface area contributed by atoms with E-state index in [2.05, 4.69) is 48.5 Å². The van der Waals surface area contributed by atoms with E-state index in [9.17, 15) is 4.79 Å². The van der Waals surface area contributed by atoms with E-state index in [1.807, 2.05) is 0 Å². The van der Waals surface area contributed by atoms with Gasteiger partial charge >= 0.3 is 0 Å². The SMILES string of the molecule is CCN(C)Cc1cccc(CNC(=O)C2CCCC(N)C2)c1. The molecule has 0 heterocycles. The van der Waals surface area contributed by atoms with Crippen molar-refractivity contribution in [1.82, 2.24) is 10.2 Å². The molecular weight excluding hydrogens is 274 g/mol. The summed E-state index contributed by atoms with van der Waals surface area (Å²) in [5, 5.41) is 3.08. The molecule has 1 aromatic carbocycles. The maximum absolute atomic E-state index is 12.3. The van der Waals surface area contributed by atoms with Crippen LogP contribution in [0.5, 0.6) is 0 Å². The lowest BCUT2D eigenvalue weighted by Gasteiger charge is -2.25. The van der Waals surface area contributed by atoms with Crippen LogP contribution in [-0.4, -0.2) is 30.4 Å². The van der Waals surface area contributed by atoms with Crippen molar-refractivity contribution in [2.75, 3.05) is 13.6 Å². The number of nitrogens with two attached hydrogens (primary N) is 1. The maximum atomic E-state index is 12.3. The summed E-state index contributed by atoms with van der Waals surface area (Å²) in [4.78, 5) is 14.5. The van der Waals surface area contributed by atoms with E-state index in [4.69, 9.17) is 5.73 Å². The fourth-order valence-corrected chi connectivity index (χ4v) is 3.06. The fraction of sp³-hybridized carbons (Fsp3) is 0.611. The Morgan fingerprint density at radius 1 is 1.36 bits per heavy atom. The predicted octanol–water partition coefficient (Wildman–Crippen LogP) is 2.27.